The van der Waals surface area contributed by atoms with Gasteiger partial charge in [0.05, 0.1) is 6.61 Å². The molecule has 1 rings (SSSR count). The second kappa shape index (κ2) is 6.34. The Kier molecular flexibility index (Phi) is 5.08. The molecule has 7 heteroatoms. The Hall–Kier alpha value is -1.63. The normalized spacial score (nSPS) is 18.2. The predicted octanol–water partition coefficient (Wildman–Crippen LogP) is -1.19. The average Bonchev–Trinajstić information content (AvgIpc) is 2.35. The number of hydrogen-bond acceptors (Lipinski definition) is 4. The van der Waals surface area contributed by atoms with Gasteiger partial charge in [0, 0.05) is 25.9 Å². The Bertz CT molecular complexity index is 336. The van der Waals surface area contributed by atoms with E-state index in [-0.39, 0.29) is 17.7 Å². The van der Waals surface area contributed by atoms with Crippen LogP contribution in [0.2, 0.25) is 0 Å². The van der Waals surface area contributed by atoms with Crippen LogP contribution in [0.1, 0.15) is 19.8 Å². The number of likely N-dealkylation sites (tertiary alicyclic amines) is 1. The van der Waals surface area contributed by atoms with Crippen LogP contribution in [0.4, 0.5) is 0 Å². The molecule has 0 aromatic heterocycles. The zero-order valence-electron chi connectivity index (χ0n) is 10.3. The number of rotatable bonds is 4. The van der Waals surface area contributed by atoms with Crippen molar-refractivity contribution in [3.05, 3.63) is 0 Å². The lowest BCUT2D eigenvalue weighted by Crippen LogP contribution is -2.48. The van der Waals surface area contributed by atoms with Gasteiger partial charge in [0.15, 0.2) is 0 Å². The smallest absolute Gasteiger partial charge is 0.328 e. The quantitative estimate of drug-likeness (QED) is 0.587. The molecule has 0 aromatic carbocycles. The van der Waals surface area contributed by atoms with Crippen molar-refractivity contribution in [2.75, 3.05) is 19.7 Å². The van der Waals surface area contributed by atoms with Crippen LogP contribution in [0.5, 0.6) is 0 Å². The number of aliphatic hydroxyl groups excluding tert-OH is 1. The van der Waals surface area contributed by atoms with Gasteiger partial charge in [-0.3, -0.25) is 9.59 Å². The van der Waals surface area contributed by atoms with Gasteiger partial charge in [0.1, 0.15) is 6.04 Å². The van der Waals surface area contributed by atoms with Gasteiger partial charge in [0.25, 0.3) is 0 Å². The Labute approximate surface area is 105 Å². The molecule has 1 aliphatic rings. The van der Waals surface area contributed by atoms with Gasteiger partial charge in [-0.05, 0) is 12.8 Å². The van der Waals surface area contributed by atoms with Crippen LogP contribution in [-0.2, 0) is 14.4 Å². The number of nitrogens with zero attached hydrogens (tertiary/aromatic N) is 1. The van der Waals surface area contributed by atoms with E-state index >= 15 is 0 Å². The van der Waals surface area contributed by atoms with E-state index in [4.69, 9.17) is 10.2 Å². The molecule has 0 unspecified atom stereocenters. The highest BCUT2D eigenvalue weighted by Gasteiger charge is 2.28. The topological polar surface area (TPSA) is 107 Å². The van der Waals surface area contributed by atoms with Crippen molar-refractivity contribution in [3.63, 3.8) is 0 Å². The maximum atomic E-state index is 11.8. The first-order chi connectivity index (χ1) is 8.45. The summed E-state index contributed by atoms with van der Waals surface area (Å²) < 4.78 is 0. The van der Waals surface area contributed by atoms with E-state index in [1.807, 2.05) is 0 Å². The van der Waals surface area contributed by atoms with Gasteiger partial charge in [-0.25, -0.2) is 4.79 Å². The van der Waals surface area contributed by atoms with Crippen molar-refractivity contribution in [1.82, 2.24) is 10.2 Å². The Morgan fingerprint density at radius 1 is 1.33 bits per heavy atom. The molecule has 0 bridgehead atoms. The molecule has 2 amide bonds. The van der Waals surface area contributed by atoms with Crippen molar-refractivity contribution in [2.24, 2.45) is 5.92 Å². The zero-order chi connectivity index (χ0) is 13.7. The number of hydrogen-bond donors (Lipinski definition) is 3. The fourth-order valence-corrected chi connectivity index (χ4v) is 1.93. The van der Waals surface area contributed by atoms with Gasteiger partial charge in [0.2, 0.25) is 11.8 Å². The highest BCUT2D eigenvalue weighted by Crippen LogP contribution is 2.17. The van der Waals surface area contributed by atoms with Gasteiger partial charge >= 0.3 is 5.97 Å². The molecule has 0 radical (unpaired) electrons. The van der Waals surface area contributed by atoms with Crippen molar-refractivity contribution in [2.45, 2.75) is 25.8 Å². The molecule has 102 valence electrons. The number of carboxylic acids is 1. The summed E-state index contributed by atoms with van der Waals surface area (Å²) in [6, 6.07) is -1.26. The number of piperidine rings is 1. The molecule has 0 aliphatic carbocycles. The van der Waals surface area contributed by atoms with Crippen LogP contribution < -0.4 is 5.32 Å². The zero-order valence-corrected chi connectivity index (χ0v) is 10.3. The van der Waals surface area contributed by atoms with Crippen LogP contribution in [0.3, 0.4) is 0 Å². The first kappa shape index (κ1) is 14.4. The highest BCUT2D eigenvalue weighted by molar-refractivity contribution is 5.85. The van der Waals surface area contributed by atoms with Gasteiger partial charge in [-0.15, -0.1) is 0 Å². The maximum Gasteiger partial charge on any atom is 0.328 e. The van der Waals surface area contributed by atoms with Crippen LogP contribution >= 0.6 is 0 Å². The van der Waals surface area contributed by atoms with E-state index in [0.29, 0.717) is 25.9 Å². The number of carbonyl (C=O) groups excluding carboxylic acids is 2. The SMILES string of the molecule is CC(=O)N1CCC(C(=O)N[C@@H](CO)C(=O)O)CC1. The lowest BCUT2D eigenvalue weighted by molar-refractivity contribution is -0.144. The minimum absolute atomic E-state index is 0.0207. The molecule has 1 aliphatic heterocycles. The molecule has 18 heavy (non-hydrogen) atoms. The molecule has 3 N–H and O–H groups in total. The van der Waals surface area contributed by atoms with E-state index in [0.717, 1.165) is 0 Å². The monoisotopic (exact) mass is 258 g/mol. The predicted molar refractivity (Wildman–Crippen MR) is 61.6 cm³/mol. The van der Waals surface area contributed by atoms with E-state index in [2.05, 4.69) is 5.32 Å². The van der Waals surface area contributed by atoms with Crippen LogP contribution in [-0.4, -0.2) is 58.6 Å². The molecule has 0 aromatic rings. The Balaban J connectivity index is 2.45. The van der Waals surface area contributed by atoms with Crippen molar-refractivity contribution >= 4 is 17.8 Å². The van der Waals surface area contributed by atoms with Crippen LogP contribution in [0, 0.1) is 5.92 Å². The Morgan fingerprint density at radius 2 is 1.89 bits per heavy atom. The summed E-state index contributed by atoms with van der Waals surface area (Å²) in [6.07, 6.45) is 1.03. The molecular formula is C11H18N2O5. The van der Waals surface area contributed by atoms with Crippen LogP contribution in [0.15, 0.2) is 0 Å². The Morgan fingerprint density at radius 3 is 2.28 bits per heavy atom. The molecule has 1 atom stereocenters. The molecule has 1 fully saturated rings. The minimum atomic E-state index is -1.26. The van der Waals surface area contributed by atoms with E-state index in [1.165, 1.54) is 6.92 Å². The third kappa shape index (κ3) is 3.69. The second-order valence-electron chi connectivity index (χ2n) is 4.36. The molecule has 1 saturated heterocycles. The van der Waals surface area contributed by atoms with Gasteiger partial charge in [-0.2, -0.15) is 0 Å². The third-order valence-corrected chi connectivity index (χ3v) is 3.11. The lowest BCUT2D eigenvalue weighted by atomic mass is 9.95. The summed E-state index contributed by atoms with van der Waals surface area (Å²) in [5.41, 5.74) is 0. The first-order valence-electron chi connectivity index (χ1n) is 5.85. The van der Waals surface area contributed by atoms with Crippen molar-refractivity contribution < 1.29 is 24.6 Å². The molecular weight excluding hydrogens is 240 g/mol. The summed E-state index contributed by atoms with van der Waals surface area (Å²) >= 11 is 0. The number of aliphatic hydroxyl groups is 1. The fraction of sp³-hybridized carbons (Fsp3) is 0.727. The molecule has 1 heterocycles. The third-order valence-electron chi connectivity index (χ3n) is 3.11. The summed E-state index contributed by atoms with van der Waals surface area (Å²) in [6.45, 7) is 1.86. The summed E-state index contributed by atoms with van der Waals surface area (Å²) in [7, 11) is 0. The van der Waals surface area contributed by atoms with E-state index in [1.54, 1.807) is 4.90 Å². The maximum absolute atomic E-state index is 11.8. The number of carboxylic acid groups (broad SMARTS) is 1. The van der Waals surface area contributed by atoms with Gasteiger partial charge in [-0.1, -0.05) is 0 Å². The first-order valence-corrected chi connectivity index (χ1v) is 5.85. The average molecular weight is 258 g/mol. The van der Waals surface area contributed by atoms with E-state index < -0.39 is 18.6 Å². The summed E-state index contributed by atoms with van der Waals surface area (Å²) in [5, 5.41) is 19.8. The van der Waals surface area contributed by atoms with Gasteiger partial charge < -0.3 is 20.4 Å². The largest absolute Gasteiger partial charge is 0.480 e. The van der Waals surface area contributed by atoms with Crippen LogP contribution in [0.25, 0.3) is 0 Å². The number of carbonyl (C=O) groups is 3. The number of amides is 2. The molecule has 0 saturated carbocycles. The molecule has 0 spiro atoms. The lowest BCUT2D eigenvalue weighted by Gasteiger charge is -2.31. The van der Waals surface area contributed by atoms with E-state index in [9.17, 15) is 14.4 Å². The molecule has 7 nitrogen and oxygen atoms in total. The number of nitrogens with one attached hydrogen (secondary N) is 1. The minimum Gasteiger partial charge on any atom is -0.480 e. The standard InChI is InChI=1S/C11H18N2O5/c1-7(15)13-4-2-8(3-5-13)10(16)12-9(6-14)11(17)18/h8-9,14H,2-6H2,1H3,(H,12,16)(H,17,18)/t9-/m0/s1. The fourth-order valence-electron chi connectivity index (χ4n) is 1.93. The number of aliphatic carboxylic acids is 1. The second-order valence-corrected chi connectivity index (χ2v) is 4.36. The van der Waals surface area contributed by atoms with Crippen molar-refractivity contribution in [3.8, 4) is 0 Å². The summed E-state index contributed by atoms with van der Waals surface area (Å²) in [4.78, 5) is 35.2. The summed E-state index contributed by atoms with van der Waals surface area (Å²) in [5.74, 6) is -1.95. The van der Waals surface area contributed by atoms with Crippen molar-refractivity contribution in [1.29, 1.82) is 0 Å². The highest BCUT2D eigenvalue weighted by atomic mass is 16.4.